The van der Waals surface area contributed by atoms with E-state index in [2.05, 4.69) is 20.9 Å². The highest BCUT2D eigenvalue weighted by Gasteiger charge is 2.23. The molecule has 0 saturated heterocycles. The lowest BCUT2D eigenvalue weighted by Crippen LogP contribution is -2.15. The van der Waals surface area contributed by atoms with Crippen LogP contribution in [-0.4, -0.2) is 17.4 Å². The van der Waals surface area contributed by atoms with Gasteiger partial charge in [0.05, 0.1) is 0 Å². The molecule has 4 nitrogen and oxygen atoms in total. The van der Waals surface area contributed by atoms with E-state index in [1.54, 1.807) is 6.07 Å². The molecule has 2 rings (SSSR count). The second kappa shape index (κ2) is 5.26. The minimum atomic E-state index is -3.69. The molecule has 102 valence electrons. The van der Waals surface area contributed by atoms with E-state index >= 15 is 0 Å². The Hall–Kier alpha value is -0.850. The Morgan fingerprint density at radius 3 is 2.74 bits per heavy atom. The molecule has 1 aromatic carbocycles. The highest BCUT2D eigenvalue weighted by Crippen LogP contribution is 2.30. The maximum atomic E-state index is 12.6. The van der Waals surface area contributed by atoms with Crippen molar-refractivity contribution < 1.29 is 8.42 Å². The first-order valence-corrected chi connectivity index (χ1v) is 8.22. The van der Waals surface area contributed by atoms with Crippen LogP contribution in [0.4, 0.5) is 0 Å². The van der Waals surface area contributed by atoms with Crippen LogP contribution in [0.3, 0.4) is 0 Å². The molecule has 0 bridgehead atoms. The van der Waals surface area contributed by atoms with Gasteiger partial charge in [0.1, 0.15) is 10.7 Å². The summed E-state index contributed by atoms with van der Waals surface area (Å²) in [5.41, 5.74) is 0.814. The summed E-state index contributed by atoms with van der Waals surface area (Å²) in [6.07, 6.45) is 3.44. The number of benzene rings is 1. The minimum absolute atomic E-state index is 0.135. The van der Waals surface area contributed by atoms with E-state index in [0.29, 0.717) is 21.7 Å². The third kappa shape index (κ3) is 2.57. The van der Waals surface area contributed by atoms with Crippen LogP contribution in [0.25, 0.3) is 0 Å². The van der Waals surface area contributed by atoms with Gasteiger partial charge in [0.25, 0.3) is 10.0 Å². The zero-order valence-corrected chi connectivity index (χ0v) is 13.6. The number of hydrogen-bond acceptors (Lipinski definition) is 3. The van der Waals surface area contributed by atoms with Crippen LogP contribution in [-0.2, 0) is 16.4 Å². The van der Waals surface area contributed by atoms with Crippen molar-refractivity contribution in [1.29, 1.82) is 0 Å². The molecule has 2 aromatic rings. The smallest absolute Gasteiger partial charge is 0.241 e. The van der Waals surface area contributed by atoms with Gasteiger partial charge in [-0.25, -0.2) is 17.4 Å². The molecule has 0 atom stereocenters. The third-order valence-electron chi connectivity index (χ3n) is 2.75. The SMILES string of the molecule is CCc1nccn1S(=O)(=O)c1cc(Cl)c(C)cc1Br. The molecular formula is C12H12BrClN2O2S. The van der Waals surface area contributed by atoms with Crippen LogP contribution in [0.5, 0.6) is 0 Å². The summed E-state index contributed by atoms with van der Waals surface area (Å²) in [4.78, 5) is 4.17. The average molecular weight is 364 g/mol. The molecule has 0 unspecified atom stereocenters. The zero-order chi connectivity index (χ0) is 14.2. The van der Waals surface area contributed by atoms with Crippen LogP contribution >= 0.6 is 27.5 Å². The van der Waals surface area contributed by atoms with Crippen molar-refractivity contribution in [2.24, 2.45) is 0 Å². The fraction of sp³-hybridized carbons (Fsp3) is 0.250. The van der Waals surface area contributed by atoms with Gasteiger partial charge in [-0.15, -0.1) is 0 Å². The summed E-state index contributed by atoms with van der Waals surface area (Å²) in [6, 6.07) is 3.15. The van der Waals surface area contributed by atoms with Crippen LogP contribution in [0.1, 0.15) is 18.3 Å². The monoisotopic (exact) mass is 362 g/mol. The van der Waals surface area contributed by atoms with Crippen LogP contribution in [0.15, 0.2) is 33.9 Å². The van der Waals surface area contributed by atoms with Crippen LogP contribution in [0, 0.1) is 6.92 Å². The number of rotatable bonds is 3. The molecule has 0 aliphatic rings. The van der Waals surface area contributed by atoms with Gasteiger partial charge in [0.2, 0.25) is 0 Å². The summed E-state index contributed by atoms with van der Waals surface area (Å²) >= 11 is 9.29. The summed E-state index contributed by atoms with van der Waals surface area (Å²) in [5.74, 6) is 0.489. The molecular weight excluding hydrogens is 352 g/mol. The quantitative estimate of drug-likeness (QED) is 0.840. The van der Waals surface area contributed by atoms with Gasteiger partial charge in [-0.05, 0) is 40.5 Å². The molecule has 0 amide bonds. The molecule has 7 heteroatoms. The van der Waals surface area contributed by atoms with Gasteiger partial charge in [0, 0.05) is 28.3 Å². The second-order valence-corrected chi connectivity index (χ2v) is 7.07. The van der Waals surface area contributed by atoms with E-state index in [-0.39, 0.29) is 4.90 Å². The van der Waals surface area contributed by atoms with Gasteiger partial charge in [-0.1, -0.05) is 18.5 Å². The number of imidazole rings is 1. The number of hydrogen-bond donors (Lipinski definition) is 0. The van der Waals surface area contributed by atoms with Gasteiger partial charge in [-0.3, -0.25) is 0 Å². The second-order valence-electron chi connectivity index (χ2n) is 4.03. The standard InChI is InChI=1S/C12H12BrClN2O2S/c1-3-12-15-4-5-16(12)19(17,18)11-7-10(14)8(2)6-9(11)13/h4-7H,3H2,1-2H3. The largest absolute Gasteiger partial charge is 0.270 e. The molecule has 0 aliphatic heterocycles. The molecule has 0 spiro atoms. The molecule has 1 aromatic heterocycles. The highest BCUT2D eigenvalue weighted by atomic mass is 79.9. The summed E-state index contributed by atoms with van der Waals surface area (Å²) < 4.78 is 26.9. The van der Waals surface area contributed by atoms with E-state index in [4.69, 9.17) is 11.6 Å². The number of halogens is 2. The third-order valence-corrected chi connectivity index (χ3v) is 5.82. The highest BCUT2D eigenvalue weighted by molar-refractivity contribution is 9.10. The van der Waals surface area contributed by atoms with Crippen molar-refractivity contribution in [3.63, 3.8) is 0 Å². The van der Waals surface area contributed by atoms with Crippen molar-refractivity contribution in [2.75, 3.05) is 0 Å². The van der Waals surface area contributed by atoms with Crippen LogP contribution in [0.2, 0.25) is 5.02 Å². The summed E-state index contributed by atoms with van der Waals surface area (Å²) in [7, 11) is -3.69. The Morgan fingerprint density at radius 2 is 2.11 bits per heavy atom. The van der Waals surface area contributed by atoms with Gasteiger partial charge in [0.15, 0.2) is 0 Å². The molecule has 0 saturated carbocycles. The lowest BCUT2D eigenvalue weighted by molar-refractivity contribution is 0.584. The van der Waals surface area contributed by atoms with Gasteiger partial charge in [-0.2, -0.15) is 0 Å². The summed E-state index contributed by atoms with van der Waals surface area (Å²) in [5, 5.41) is 0.417. The molecule has 19 heavy (non-hydrogen) atoms. The van der Waals surface area contributed by atoms with Gasteiger partial charge >= 0.3 is 0 Å². The molecule has 0 fully saturated rings. The van der Waals surface area contributed by atoms with Crippen molar-refractivity contribution in [3.8, 4) is 0 Å². The van der Waals surface area contributed by atoms with E-state index in [1.807, 2.05) is 13.8 Å². The first-order chi connectivity index (χ1) is 8.87. The Kier molecular flexibility index (Phi) is 4.03. The van der Waals surface area contributed by atoms with Crippen molar-refractivity contribution >= 4 is 37.6 Å². The fourth-order valence-corrected chi connectivity index (χ4v) is 4.47. The minimum Gasteiger partial charge on any atom is -0.241 e. The Morgan fingerprint density at radius 1 is 1.42 bits per heavy atom. The van der Waals surface area contributed by atoms with Crippen molar-refractivity contribution in [1.82, 2.24) is 8.96 Å². The Labute approximate surface area is 125 Å². The van der Waals surface area contributed by atoms with Crippen molar-refractivity contribution in [2.45, 2.75) is 25.2 Å². The average Bonchev–Trinajstić information content (AvgIpc) is 2.82. The normalized spacial score (nSPS) is 11.8. The molecule has 0 N–H and O–H groups in total. The fourth-order valence-electron chi connectivity index (χ4n) is 1.72. The zero-order valence-electron chi connectivity index (χ0n) is 10.4. The number of nitrogens with zero attached hydrogens (tertiary/aromatic N) is 2. The van der Waals surface area contributed by atoms with Crippen LogP contribution < -0.4 is 0 Å². The Balaban J connectivity index is 2.67. The van der Waals surface area contributed by atoms with E-state index in [0.717, 1.165) is 5.56 Å². The lowest BCUT2D eigenvalue weighted by Gasteiger charge is -2.11. The van der Waals surface area contributed by atoms with Crippen molar-refractivity contribution in [3.05, 3.63) is 45.4 Å². The van der Waals surface area contributed by atoms with E-state index in [9.17, 15) is 8.42 Å². The Bertz CT molecular complexity index is 725. The maximum absolute atomic E-state index is 12.6. The maximum Gasteiger partial charge on any atom is 0.270 e. The number of aryl methyl sites for hydroxylation is 2. The first kappa shape index (κ1) is 14.6. The predicted molar refractivity (Wildman–Crippen MR) is 78.1 cm³/mol. The summed E-state index contributed by atoms with van der Waals surface area (Å²) in [6.45, 7) is 3.67. The first-order valence-electron chi connectivity index (χ1n) is 5.61. The van der Waals surface area contributed by atoms with Gasteiger partial charge < -0.3 is 0 Å². The molecule has 0 radical (unpaired) electrons. The molecule has 1 heterocycles. The molecule has 0 aliphatic carbocycles. The topological polar surface area (TPSA) is 52.0 Å². The predicted octanol–water partition coefficient (Wildman–Crippen LogP) is 3.41. The van der Waals surface area contributed by atoms with E-state index in [1.165, 1.54) is 22.4 Å². The van der Waals surface area contributed by atoms with E-state index < -0.39 is 10.0 Å². The number of aromatic nitrogens is 2. The lowest BCUT2D eigenvalue weighted by atomic mass is 10.2.